The van der Waals surface area contributed by atoms with Crippen LogP contribution in [0.5, 0.6) is 0 Å². The Bertz CT molecular complexity index is 1110. The lowest BCUT2D eigenvalue weighted by atomic mass is 10.2. The Morgan fingerprint density at radius 3 is 2.53 bits per heavy atom. The molecule has 7 nitrogen and oxygen atoms in total. The predicted octanol–water partition coefficient (Wildman–Crippen LogP) is 4.76. The molecule has 1 aromatic carbocycles. The first-order valence-electron chi connectivity index (χ1n) is 7.87. The molecule has 30 heavy (non-hydrogen) atoms. The Balaban J connectivity index is 1.66. The molecule has 0 saturated heterocycles. The van der Waals surface area contributed by atoms with Gasteiger partial charge in [0.25, 0.3) is 0 Å². The highest BCUT2D eigenvalue weighted by atomic mass is 35.5. The minimum absolute atomic E-state index is 0.178. The van der Waals surface area contributed by atoms with Crippen LogP contribution in [-0.4, -0.2) is 31.5 Å². The molecule has 0 unspecified atom stereocenters. The first kappa shape index (κ1) is 22.5. The zero-order valence-electron chi connectivity index (χ0n) is 14.5. The topological polar surface area (TPSA) is 98.7 Å². The summed E-state index contributed by atoms with van der Waals surface area (Å²) in [4.78, 5) is 15.7. The molecule has 1 amide bonds. The van der Waals surface area contributed by atoms with Crippen LogP contribution in [-0.2, 0) is 11.0 Å². The zero-order valence-corrected chi connectivity index (χ0v) is 17.6. The standard InChI is InChI=1S/C16H10Cl3F3N6OS/c17-8-1-2-9(10(18)4-8)14-26-27-15(28(14)23)30-6-12(29)25-13-11(19)3-7(5-24-13)16(20,21)22/h1-5H,6,23H2,(H,24,25,29). The number of rotatable bonds is 5. The number of alkyl halides is 3. The van der Waals surface area contributed by atoms with Gasteiger partial charge in [-0.25, -0.2) is 9.66 Å². The maximum absolute atomic E-state index is 12.6. The van der Waals surface area contributed by atoms with Crippen molar-refractivity contribution in [3.05, 3.63) is 51.1 Å². The van der Waals surface area contributed by atoms with Crippen molar-refractivity contribution in [2.75, 3.05) is 16.9 Å². The SMILES string of the molecule is Nn1c(SCC(=O)Nc2ncc(C(F)(F)F)cc2Cl)nnc1-c1ccc(Cl)cc1Cl. The summed E-state index contributed by atoms with van der Waals surface area (Å²) in [6.07, 6.45) is -4.02. The summed E-state index contributed by atoms with van der Waals surface area (Å²) in [5, 5.41) is 10.8. The van der Waals surface area contributed by atoms with Crippen LogP contribution in [0.3, 0.4) is 0 Å². The molecule has 0 bridgehead atoms. The van der Waals surface area contributed by atoms with Crippen LogP contribution in [0.4, 0.5) is 19.0 Å². The normalized spacial score (nSPS) is 11.5. The monoisotopic (exact) mass is 496 g/mol. The van der Waals surface area contributed by atoms with E-state index in [1.165, 1.54) is 6.07 Å². The van der Waals surface area contributed by atoms with E-state index in [0.717, 1.165) is 16.4 Å². The molecule has 14 heteroatoms. The van der Waals surface area contributed by atoms with Crippen molar-refractivity contribution in [1.29, 1.82) is 0 Å². The molecule has 0 atom stereocenters. The first-order chi connectivity index (χ1) is 14.1. The number of pyridine rings is 1. The second-order valence-corrected chi connectivity index (χ2v) is 7.88. The number of nitrogens with two attached hydrogens (primary N) is 1. The number of nitrogens with one attached hydrogen (secondary N) is 1. The number of hydrogen-bond donors (Lipinski definition) is 2. The summed E-state index contributed by atoms with van der Waals surface area (Å²) in [5.74, 6) is 5.27. The molecule has 0 fully saturated rings. The van der Waals surface area contributed by atoms with Crippen molar-refractivity contribution >= 4 is 58.3 Å². The predicted molar refractivity (Wildman–Crippen MR) is 109 cm³/mol. The van der Waals surface area contributed by atoms with E-state index in [0.29, 0.717) is 27.9 Å². The summed E-state index contributed by atoms with van der Waals surface area (Å²) in [7, 11) is 0. The third kappa shape index (κ3) is 5.09. The highest BCUT2D eigenvalue weighted by Gasteiger charge is 2.31. The molecule has 3 N–H and O–H groups in total. The number of aromatic nitrogens is 4. The lowest BCUT2D eigenvalue weighted by Crippen LogP contribution is -2.17. The fraction of sp³-hybridized carbons (Fsp3) is 0.125. The Morgan fingerprint density at radius 2 is 1.90 bits per heavy atom. The Hall–Kier alpha value is -2.21. The number of halogens is 6. The van der Waals surface area contributed by atoms with Gasteiger partial charge in [0.05, 0.1) is 21.4 Å². The van der Waals surface area contributed by atoms with Crippen molar-refractivity contribution in [2.24, 2.45) is 0 Å². The quantitative estimate of drug-likeness (QED) is 0.389. The van der Waals surface area contributed by atoms with Gasteiger partial charge in [-0.3, -0.25) is 4.79 Å². The maximum Gasteiger partial charge on any atom is 0.417 e. The fourth-order valence-electron chi connectivity index (χ4n) is 2.21. The van der Waals surface area contributed by atoms with Crippen LogP contribution in [0.25, 0.3) is 11.4 Å². The lowest BCUT2D eigenvalue weighted by molar-refractivity contribution is -0.137. The lowest BCUT2D eigenvalue weighted by Gasteiger charge is -2.10. The summed E-state index contributed by atoms with van der Waals surface area (Å²) < 4.78 is 39.1. The third-order valence-electron chi connectivity index (χ3n) is 3.60. The second-order valence-electron chi connectivity index (χ2n) is 5.69. The molecule has 0 aliphatic carbocycles. The minimum Gasteiger partial charge on any atom is -0.335 e. The number of nitrogens with zero attached hydrogens (tertiary/aromatic N) is 4. The van der Waals surface area contributed by atoms with E-state index in [2.05, 4.69) is 20.5 Å². The Kier molecular flexibility index (Phi) is 6.65. The van der Waals surface area contributed by atoms with Crippen LogP contribution in [0, 0.1) is 0 Å². The van der Waals surface area contributed by atoms with E-state index in [4.69, 9.17) is 40.6 Å². The maximum atomic E-state index is 12.6. The smallest absolute Gasteiger partial charge is 0.335 e. The average molecular weight is 498 g/mol. The highest BCUT2D eigenvalue weighted by Crippen LogP contribution is 2.33. The third-order valence-corrected chi connectivity index (χ3v) is 5.37. The van der Waals surface area contributed by atoms with Crippen molar-refractivity contribution in [2.45, 2.75) is 11.3 Å². The van der Waals surface area contributed by atoms with Crippen LogP contribution < -0.4 is 11.2 Å². The molecule has 3 rings (SSSR count). The second kappa shape index (κ2) is 8.88. The number of carbonyl (C=O) groups excluding carboxylic acids is 1. The Labute approximate surface area is 186 Å². The van der Waals surface area contributed by atoms with Gasteiger partial charge in [0.15, 0.2) is 11.6 Å². The van der Waals surface area contributed by atoms with Gasteiger partial charge in [0, 0.05) is 16.8 Å². The molecular weight excluding hydrogens is 488 g/mol. The van der Waals surface area contributed by atoms with Crippen LogP contribution in [0.2, 0.25) is 15.1 Å². The van der Waals surface area contributed by atoms with E-state index in [-0.39, 0.29) is 27.6 Å². The highest BCUT2D eigenvalue weighted by molar-refractivity contribution is 7.99. The number of carbonyl (C=O) groups is 1. The van der Waals surface area contributed by atoms with Gasteiger partial charge >= 0.3 is 6.18 Å². The molecule has 0 aliphatic heterocycles. The fourth-order valence-corrected chi connectivity index (χ4v) is 3.58. The average Bonchev–Trinajstić information content (AvgIpc) is 3.01. The molecule has 0 aliphatic rings. The van der Waals surface area contributed by atoms with Gasteiger partial charge in [0.1, 0.15) is 0 Å². The zero-order chi connectivity index (χ0) is 22.1. The van der Waals surface area contributed by atoms with E-state index in [1.807, 2.05) is 0 Å². The van der Waals surface area contributed by atoms with Gasteiger partial charge < -0.3 is 11.2 Å². The summed E-state index contributed by atoms with van der Waals surface area (Å²) >= 11 is 18.7. The van der Waals surface area contributed by atoms with Crippen molar-refractivity contribution in [1.82, 2.24) is 19.9 Å². The molecule has 0 spiro atoms. The molecule has 0 saturated carbocycles. The molecule has 2 aromatic heterocycles. The number of nitrogen functional groups attached to an aromatic ring is 1. The molecule has 0 radical (unpaired) electrons. The van der Waals surface area contributed by atoms with E-state index < -0.39 is 17.6 Å². The number of anilines is 1. The largest absolute Gasteiger partial charge is 0.417 e. The van der Waals surface area contributed by atoms with Gasteiger partial charge in [-0.15, -0.1) is 10.2 Å². The summed E-state index contributed by atoms with van der Waals surface area (Å²) in [6, 6.07) is 5.43. The van der Waals surface area contributed by atoms with Gasteiger partial charge in [-0.2, -0.15) is 13.2 Å². The first-order valence-corrected chi connectivity index (χ1v) is 9.99. The van der Waals surface area contributed by atoms with Gasteiger partial charge in [-0.1, -0.05) is 46.6 Å². The van der Waals surface area contributed by atoms with E-state index >= 15 is 0 Å². The van der Waals surface area contributed by atoms with Gasteiger partial charge in [-0.05, 0) is 24.3 Å². The molecule has 158 valence electrons. The van der Waals surface area contributed by atoms with E-state index in [9.17, 15) is 18.0 Å². The van der Waals surface area contributed by atoms with Crippen molar-refractivity contribution in [3.8, 4) is 11.4 Å². The Morgan fingerprint density at radius 1 is 1.17 bits per heavy atom. The number of hydrogen-bond acceptors (Lipinski definition) is 6. The number of benzene rings is 1. The molecule has 2 heterocycles. The van der Waals surface area contributed by atoms with Crippen LogP contribution in [0.1, 0.15) is 5.56 Å². The van der Waals surface area contributed by atoms with E-state index in [1.54, 1.807) is 12.1 Å². The summed E-state index contributed by atoms with van der Waals surface area (Å²) in [6.45, 7) is 0. The molecule has 3 aromatic rings. The number of thioether (sulfide) groups is 1. The van der Waals surface area contributed by atoms with Crippen molar-refractivity contribution in [3.63, 3.8) is 0 Å². The van der Waals surface area contributed by atoms with Crippen molar-refractivity contribution < 1.29 is 18.0 Å². The molecular formula is C16H10Cl3F3N6OS. The minimum atomic E-state index is -4.59. The summed E-state index contributed by atoms with van der Waals surface area (Å²) in [5.41, 5.74) is -0.530. The van der Waals surface area contributed by atoms with Crippen LogP contribution in [0.15, 0.2) is 35.6 Å². The van der Waals surface area contributed by atoms with Crippen LogP contribution >= 0.6 is 46.6 Å². The van der Waals surface area contributed by atoms with Gasteiger partial charge in [0.2, 0.25) is 11.1 Å². The number of amides is 1.